The van der Waals surface area contributed by atoms with Crippen LogP contribution in [0.1, 0.15) is 38.9 Å². The quantitative estimate of drug-likeness (QED) is 0.472. The summed E-state index contributed by atoms with van der Waals surface area (Å²) >= 11 is 0. The first-order valence-electron chi connectivity index (χ1n) is 10.4. The van der Waals surface area contributed by atoms with Gasteiger partial charge in [-0.15, -0.1) is 0 Å². The van der Waals surface area contributed by atoms with Gasteiger partial charge in [0.05, 0.1) is 40.3 Å². The highest BCUT2D eigenvalue weighted by molar-refractivity contribution is 6.29. The molecule has 0 unspecified atom stereocenters. The molecule has 1 aromatic heterocycles. The van der Waals surface area contributed by atoms with E-state index in [4.69, 9.17) is 0 Å². The van der Waals surface area contributed by atoms with Crippen molar-refractivity contribution in [2.45, 2.75) is 13.8 Å². The van der Waals surface area contributed by atoms with Crippen LogP contribution < -0.4 is 20.3 Å². The normalized spacial score (nSPS) is 14.7. The largest absolute Gasteiger partial charge is 0.858 e. The van der Waals surface area contributed by atoms with Gasteiger partial charge < -0.3 is 24.9 Å². The maximum Gasteiger partial charge on any atom is 0.280 e. The molecule has 0 N–H and O–H groups in total. The molecule has 2 aromatic carbocycles. The van der Waals surface area contributed by atoms with Crippen molar-refractivity contribution in [1.82, 2.24) is 9.78 Å². The summed E-state index contributed by atoms with van der Waals surface area (Å²) in [5.74, 6) is -3.45. The molecule has 1 aliphatic rings. The number of carbonyl (C=O) groups is 3. The fraction of sp³-hybridized carbons (Fsp3) is 0.0800. The number of aryl methyl sites for hydroxylation is 1. The van der Waals surface area contributed by atoms with E-state index in [0.717, 1.165) is 9.69 Å². The number of nitrogens with zero attached hydrogens (tertiary/aromatic N) is 4. The molecule has 10 nitrogen and oxygen atoms in total. The molecule has 0 aliphatic carbocycles. The summed E-state index contributed by atoms with van der Waals surface area (Å²) in [6.45, 7) is 3.32. The Morgan fingerprint density at radius 3 is 1.97 bits per heavy atom. The second-order valence-corrected chi connectivity index (χ2v) is 7.63. The summed E-state index contributed by atoms with van der Waals surface area (Å²) in [5, 5.41) is 44.3. The van der Waals surface area contributed by atoms with Gasteiger partial charge in [0.1, 0.15) is 0 Å². The van der Waals surface area contributed by atoms with Gasteiger partial charge >= 0.3 is 0 Å². The Kier molecular flexibility index (Phi) is 6.03. The number of aromatic nitrogens is 2. The number of carboxylic acids is 2. The Labute approximate surface area is 199 Å². The smallest absolute Gasteiger partial charge is 0.280 e. The molecule has 0 saturated heterocycles. The number of amides is 1. The lowest BCUT2D eigenvalue weighted by atomic mass is 10.1. The highest BCUT2D eigenvalue weighted by Gasteiger charge is 2.28. The number of aromatic carboxylic acids is 2. The topological polar surface area (TPSA) is 154 Å². The number of hydrogen-bond donors (Lipinski definition) is 0. The first kappa shape index (κ1) is 23.2. The lowest BCUT2D eigenvalue weighted by Crippen LogP contribution is -2.23. The average Bonchev–Trinajstić information content (AvgIpc) is 3.28. The number of rotatable bonds is 6. The molecule has 176 valence electrons. The van der Waals surface area contributed by atoms with Crippen molar-refractivity contribution < 1.29 is 29.7 Å². The Bertz CT molecular complexity index is 1430. The molecule has 4 rings (SSSR count). The second-order valence-electron chi connectivity index (χ2n) is 7.63. The van der Waals surface area contributed by atoms with Crippen LogP contribution in [-0.2, 0) is 4.79 Å². The molecular formula is C25H17N4O6-3. The fourth-order valence-electron chi connectivity index (χ4n) is 3.49. The molecule has 1 amide bonds. The lowest BCUT2D eigenvalue weighted by molar-refractivity contribution is -0.278. The van der Waals surface area contributed by atoms with Crippen LogP contribution in [0.5, 0.6) is 5.88 Å². The molecular weight excluding hydrogens is 452 g/mol. The van der Waals surface area contributed by atoms with E-state index >= 15 is 0 Å². The van der Waals surface area contributed by atoms with Gasteiger partial charge in [-0.3, -0.25) is 4.79 Å². The van der Waals surface area contributed by atoms with Crippen LogP contribution in [0.15, 0.2) is 71.4 Å². The van der Waals surface area contributed by atoms with E-state index in [-0.39, 0.29) is 11.1 Å². The summed E-state index contributed by atoms with van der Waals surface area (Å²) in [4.78, 5) is 34.7. The van der Waals surface area contributed by atoms with E-state index in [1.54, 1.807) is 19.9 Å². The number of allylic oxidation sites excluding steroid dienone is 2. The Balaban J connectivity index is 1.55. The Morgan fingerprint density at radius 1 is 0.886 bits per heavy atom. The number of carboxylic acid groups (broad SMARTS) is 2. The first-order chi connectivity index (χ1) is 16.7. The minimum absolute atomic E-state index is 0.0148. The highest BCUT2D eigenvalue weighted by Crippen LogP contribution is 2.26. The van der Waals surface area contributed by atoms with Crippen molar-refractivity contribution in [3.8, 4) is 11.6 Å². The number of benzene rings is 2. The van der Waals surface area contributed by atoms with Gasteiger partial charge in [-0.2, -0.15) is 15.2 Å². The van der Waals surface area contributed by atoms with Gasteiger partial charge in [0.15, 0.2) is 0 Å². The summed E-state index contributed by atoms with van der Waals surface area (Å²) < 4.78 is 1.16. The minimum atomic E-state index is -1.32. The third-order valence-electron chi connectivity index (χ3n) is 5.35. The van der Waals surface area contributed by atoms with Crippen molar-refractivity contribution in [2.24, 2.45) is 5.10 Å². The molecule has 1 aliphatic heterocycles. The summed E-state index contributed by atoms with van der Waals surface area (Å²) in [7, 11) is 0. The minimum Gasteiger partial charge on any atom is -0.858 e. The Hall–Kier alpha value is -4.99. The average molecular weight is 469 g/mol. The molecule has 0 spiro atoms. The molecule has 0 bridgehead atoms. The van der Waals surface area contributed by atoms with Crippen LogP contribution in [-0.4, -0.2) is 33.3 Å². The molecule has 0 atom stereocenters. The van der Waals surface area contributed by atoms with Gasteiger partial charge in [-0.1, -0.05) is 36.4 Å². The SMILES string of the molecule is CC1=NN(c2ccc(C(=O)[O-])cc2)C(=O)/C1=C\C=C\c1c(C)nn(-c2ccc(C(=O)[O-])cc2)c1[O-]. The number of anilines is 1. The zero-order valence-electron chi connectivity index (χ0n) is 18.6. The molecule has 0 radical (unpaired) electrons. The summed E-state index contributed by atoms with van der Waals surface area (Å²) in [5.41, 5.74) is 2.28. The van der Waals surface area contributed by atoms with Gasteiger partial charge in [0, 0.05) is 5.56 Å². The molecule has 2 heterocycles. The van der Waals surface area contributed by atoms with Gasteiger partial charge in [0.25, 0.3) is 5.91 Å². The molecule has 0 fully saturated rings. The van der Waals surface area contributed by atoms with E-state index < -0.39 is 23.7 Å². The third-order valence-corrected chi connectivity index (χ3v) is 5.35. The molecule has 3 aromatic rings. The van der Waals surface area contributed by atoms with Crippen molar-refractivity contribution >= 4 is 35.3 Å². The predicted molar refractivity (Wildman–Crippen MR) is 121 cm³/mol. The van der Waals surface area contributed by atoms with Crippen LogP contribution in [0.25, 0.3) is 11.8 Å². The van der Waals surface area contributed by atoms with E-state index in [0.29, 0.717) is 33.9 Å². The van der Waals surface area contributed by atoms with Crippen molar-refractivity contribution in [2.75, 3.05) is 5.01 Å². The first-order valence-corrected chi connectivity index (χ1v) is 10.4. The number of hydrogen-bond acceptors (Lipinski definition) is 8. The number of hydrazone groups is 1. The Morgan fingerprint density at radius 2 is 1.43 bits per heavy atom. The maximum atomic E-state index is 12.8. The standard InChI is InChI=1S/C25H20N4O6/c1-14-20(22(30)28(26-14)18-10-6-16(7-11-18)24(32)33)4-3-5-21-15(2)27-29(23(21)31)19-12-8-17(9-13-19)25(34)35/h3-13,30H,1-2H3,(H,32,33)(H,34,35)/p-3/b4-3+,21-5-. The van der Waals surface area contributed by atoms with E-state index in [2.05, 4.69) is 10.2 Å². The van der Waals surface area contributed by atoms with Crippen molar-refractivity contribution in [3.05, 3.63) is 88.6 Å². The lowest BCUT2D eigenvalue weighted by Gasteiger charge is -2.12. The zero-order chi connectivity index (χ0) is 25.3. The summed E-state index contributed by atoms with van der Waals surface area (Å²) in [6, 6.07) is 11.1. The number of carbonyl (C=O) groups excluding carboxylic acids is 3. The van der Waals surface area contributed by atoms with Gasteiger partial charge in [-0.25, -0.2) is 4.68 Å². The molecule has 35 heavy (non-hydrogen) atoms. The predicted octanol–water partition coefficient (Wildman–Crippen LogP) is 0.344. The van der Waals surface area contributed by atoms with Gasteiger partial charge in [0.2, 0.25) is 0 Å². The zero-order valence-corrected chi connectivity index (χ0v) is 18.6. The van der Waals surface area contributed by atoms with Crippen LogP contribution in [0.2, 0.25) is 0 Å². The van der Waals surface area contributed by atoms with Crippen LogP contribution in [0, 0.1) is 6.92 Å². The van der Waals surface area contributed by atoms with Crippen molar-refractivity contribution in [3.63, 3.8) is 0 Å². The third kappa shape index (κ3) is 4.44. The highest BCUT2D eigenvalue weighted by atomic mass is 16.4. The summed E-state index contributed by atoms with van der Waals surface area (Å²) in [6.07, 6.45) is 4.60. The van der Waals surface area contributed by atoms with Crippen LogP contribution in [0.4, 0.5) is 5.69 Å². The monoisotopic (exact) mass is 469 g/mol. The van der Waals surface area contributed by atoms with E-state index in [1.807, 2.05) is 0 Å². The second kappa shape index (κ2) is 9.10. The van der Waals surface area contributed by atoms with Crippen LogP contribution >= 0.6 is 0 Å². The molecule has 0 saturated carbocycles. The molecule has 10 heteroatoms. The van der Waals surface area contributed by atoms with E-state index in [9.17, 15) is 29.7 Å². The maximum absolute atomic E-state index is 12.8. The van der Waals surface area contributed by atoms with Gasteiger partial charge in [-0.05, 0) is 61.2 Å². The van der Waals surface area contributed by atoms with Crippen molar-refractivity contribution in [1.29, 1.82) is 0 Å². The van der Waals surface area contributed by atoms with Crippen LogP contribution in [0.3, 0.4) is 0 Å². The van der Waals surface area contributed by atoms with E-state index in [1.165, 1.54) is 60.7 Å². The fourth-order valence-corrected chi connectivity index (χ4v) is 3.49.